The first-order chi connectivity index (χ1) is 27.6. The number of pyridine rings is 2. The predicted molar refractivity (Wildman–Crippen MR) is 209 cm³/mol. The third-order valence-corrected chi connectivity index (χ3v) is 11.2. The van der Waals surface area contributed by atoms with Crippen molar-refractivity contribution in [1.29, 1.82) is 0 Å². The molecule has 4 heterocycles. The van der Waals surface area contributed by atoms with E-state index in [2.05, 4.69) is 20.6 Å². The van der Waals surface area contributed by atoms with Crippen LogP contribution < -0.4 is 25.2 Å². The number of imide groups is 1. The molecule has 2 aliphatic heterocycles. The molecule has 1 atom stereocenters. The molecule has 2 fully saturated rings. The van der Waals surface area contributed by atoms with Gasteiger partial charge in [0.1, 0.15) is 34.0 Å². The zero-order chi connectivity index (χ0) is 41.9. The third-order valence-electron chi connectivity index (χ3n) is 9.38. The van der Waals surface area contributed by atoms with Crippen molar-refractivity contribution < 1.29 is 45.9 Å². The summed E-state index contributed by atoms with van der Waals surface area (Å²) in [7, 11) is 0.212. The van der Waals surface area contributed by atoms with Gasteiger partial charge in [0.25, 0.3) is 0 Å². The Bertz CT molecular complexity index is 2320. The minimum absolute atomic E-state index is 0.0226. The Labute approximate surface area is 333 Å². The van der Waals surface area contributed by atoms with E-state index in [9.17, 15) is 32.0 Å². The molecule has 0 saturated carbocycles. The second kappa shape index (κ2) is 17.0. The van der Waals surface area contributed by atoms with Crippen molar-refractivity contribution in [3.05, 3.63) is 84.6 Å². The van der Waals surface area contributed by atoms with Gasteiger partial charge in [-0.15, -0.1) is 0 Å². The number of carbonyl (C=O) groups is 4. The van der Waals surface area contributed by atoms with Gasteiger partial charge in [0, 0.05) is 76.9 Å². The molecule has 4 aromatic rings. The van der Waals surface area contributed by atoms with Crippen LogP contribution in [0.4, 0.5) is 47.2 Å². The Hall–Kier alpha value is -6.41. The van der Waals surface area contributed by atoms with Gasteiger partial charge >= 0.3 is 12.1 Å². The van der Waals surface area contributed by atoms with Crippen LogP contribution in [-0.2, 0) is 24.3 Å². The summed E-state index contributed by atoms with van der Waals surface area (Å²) in [5, 5.41) is 5.58. The molecule has 2 N–H and O–H groups in total. The number of halogens is 2. The van der Waals surface area contributed by atoms with Crippen LogP contribution in [0.1, 0.15) is 13.8 Å². The highest BCUT2D eigenvalue weighted by Crippen LogP contribution is 2.32. The zero-order valence-electron chi connectivity index (χ0n) is 32.2. The lowest BCUT2D eigenvalue weighted by atomic mass is 10.0. The Morgan fingerprint density at radius 1 is 0.931 bits per heavy atom. The number of nitrogens with one attached hydrogen (secondary N) is 2. The van der Waals surface area contributed by atoms with E-state index in [1.165, 1.54) is 85.7 Å². The standard InChI is InChI=1S/C38H41F2N9O8S/c1-23(2)48-22-28(36(51)49(37(48)52)26-9-6-24(39)7-10-26)35(50)42-25-8-11-30(29(40)20-25)57-27-14-15-41-33(21-27)43-32-13-12-31(58(54,55)45(3)4)34(44-32)46-16-18-47(19-17-46)38(53)56-5/h6-15,20-21,23,28H,16-19,22H2,1-5H3,(H,42,50)(H,41,43,44). The molecule has 306 valence electrons. The molecule has 20 heteroatoms. The molecule has 0 bridgehead atoms. The largest absolute Gasteiger partial charge is 0.454 e. The van der Waals surface area contributed by atoms with Crippen LogP contribution in [0.3, 0.4) is 0 Å². The van der Waals surface area contributed by atoms with Gasteiger partial charge in [0.05, 0.1) is 12.8 Å². The van der Waals surface area contributed by atoms with E-state index in [1.807, 2.05) is 0 Å². The number of anilines is 5. The van der Waals surface area contributed by atoms with Gasteiger partial charge < -0.3 is 34.8 Å². The highest BCUT2D eigenvalue weighted by atomic mass is 32.2. The Morgan fingerprint density at radius 2 is 1.64 bits per heavy atom. The van der Waals surface area contributed by atoms with Crippen LogP contribution in [0.25, 0.3) is 0 Å². The fourth-order valence-corrected chi connectivity index (χ4v) is 7.28. The van der Waals surface area contributed by atoms with E-state index in [1.54, 1.807) is 18.7 Å². The van der Waals surface area contributed by atoms with E-state index in [4.69, 9.17) is 9.47 Å². The average Bonchev–Trinajstić information content (AvgIpc) is 3.19. The van der Waals surface area contributed by atoms with Crippen molar-refractivity contribution in [2.45, 2.75) is 24.8 Å². The molecule has 58 heavy (non-hydrogen) atoms. The monoisotopic (exact) mass is 821 g/mol. The van der Waals surface area contributed by atoms with Gasteiger partial charge in [-0.25, -0.2) is 46.0 Å². The highest BCUT2D eigenvalue weighted by molar-refractivity contribution is 7.89. The summed E-state index contributed by atoms with van der Waals surface area (Å²) >= 11 is 0. The first-order valence-corrected chi connectivity index (χ1v) is 19.4. The maximum absolute atomic E-state index is 15.4. The Morgan fingerprint density at radius 3 is 2.28 bits per heavy atom. The summed E-state index contributed by atoms with van der Waals surface area (Å²) in [6.07, 6.45) is 0.922. The van der Waals surface area contributed by atoms with Gasteiger partial charge in [-0.05, 0) is 68.4 Å². The smallest absolute Gasteiger partial charge is 0.409 e. The van der Waals surface area contributed by atoms with Crippen LogP contribution in [-0.4, -0.2) is 116 Å². The van der Waals surface area contributed by atoms with Crippen molar-refractivity contribution in [3.8, 4) is 11.5 Å². The topological polar surface area (TPSA) is 187 Å². The fraction of sp³-hybridized carbons (Fsp3) is 0.316. The lowest BCUT2D eigenvalue weighted by Gasteiger charge is -2.39. The number of methoxy groups -OCH3 is 1. The molecule has 1 unspecified atom stereocenters. The van der Waals surface area contributed by atoms with Gasteiger partial charge in [0.2, 0.25) is 21.8 Å². The average molecular weight is 822 g/mol. The first kappa shape index (κ1) is 41.2. The van der Waals surface area contributed by atoms with Crippen LogP contribution in [0, 0.1) is 17.6 Å². The molecule has 5 amide bonds. The summed E-state index contributed by atoms with van der Waals surface area (Å²) in [4.78, 5) is 66.4. The molecule has 2 aromatic heterocycles. The number of hydrogen-bond acceptors (Lipinski definition) is 12. The van der Waals surface area contributed by atoms with Crippen LogP contribution in [0.2, 0.25) is 0 Å². The van der Waals surface area contributed by atoms with E-state index >= 15 is 4.39 Å². The lowest BCUT2D eigenvalue weighted by molar-refractivity contribution is -0.132. The number of benzene rings is 2. The lowest BCUT2D eigenvalue weighted by Crippen LogP contribution is -2.61. The number of amides is 5. The first-order valence-electron chi connectivity index (χ1n) is 18.0. The number of piperazine rings is 1. The van der Waals surface area contributed by atoms with Crippen molar-refractivity contribution in [2.75, 3.05) is 74.4 Å². The predicted octanol–water partition coefficient (Wildman–Crippen LogP) is 4.86. The number of rotatable bonds is 11. The molecule has 6 rings (SSSR count). The minimum atomic E-state index is -3.91. The van der Waals surface area contributed by atoms with Gasteiger partial charge in [-0.2, -0.15) is 0 Å². The molecule has 2 saturated heterocycles. The fourth-order valence-electron chi connectivity index (χ4n) is 6.24. The van der Waals surface area contributed by atoms with Gasteiger partial charge in [-0.1, -0.05) is 0 Å². The number of sulfonamides is 1. The summed E-state index contributed by atoms with van der Waals surface area (Å²) in [6.45, 7) is 4.40. The van der Waals surface area contributed by atoms with Crippen LogP contribution >= 0.6 is 0 Å². The van der Waals surface area contributed by atoms with E-state index in [-0.39, 0.29) is 70.9 Å². The number of aromatic nitrogens is 2. The quantitative estimate of drug-likeness (QED) is 0.196. The van der Waals surface area contributed by atoms with Crippen molar-refractivity contribution in [1.82, 2.24) is 24.1 Å². The molecule has 2 aromatic carbocycles. The Balaban J connectivity index is 1.16. The maximum Gasteiger partial charge on any atom is 0.409 e. The molecule has 0 spiro atoms. The van der Waals surface area contributed by atoms with Gasteiger partial charge in [0.15, 0.2) is 17.4 Å². The number of carbonyl (C=O) groups excluding carboxylic acids is 4. The molecular formula is C38H41F2N9O8S. The summed E-state index contributed by atoms with van der Waals surface area (Å²) in [5.41, 5.74) is 0.123. The van der Waals surface area contributed by atoms with E-state index in [0.29, 0.717) is 13.1 Å². The zero-order valence-corrected chi connectivity index (χ0v) is 33.0. The molecule has 2 aliphatic rings. The number of ether oxygens (including phenoxy) is 2. The third kappa shape index (κ3) is 8.76. The second-order valence-corrected chi connectivity index (χ2v) is 15.8. The van der Waals surface area contributed by atoms with Crippen LogP contribution in [0.5, 0.6) is 11.5 Å². The normalized spacial score (nSPS) is 16.2. The summed E-state index contributed by atoms with van der Waals surface area (Å²) in [5.74, 6) is -3.71. The summed E-state index contributed by atoms with van der Waals surface area (Å²) < 4.78 is 67.2. The Kier molecular flexibility index (Phi) is 12.1. The molecule has 17 nitrogen and oxygen atoms in total. The van der Waals surface area contributed by atoms with E-state index < -0.39 is 51.5 Å². The second-order valence-electron chi connectivity index (χ2n) is 13.7. The van der Waals surface area contributed by atoms with Crippen LogP contribution in [0.15, 0.2) is 77.8 Å². The van der Waals surface area contributed by atoms with Gasteiger partial charge in [-0.3, -0.25) is 9.59 Å². The summed E-state index contributed by atoms with van der Waals surface area (Å²) in [6, 6.07) is 13.2. The van der Waals surface area contributed by atoms with Crippen molar-refractivity contribution >= 4 is 62.8 Å². The minimum Gasteiger partial charge on any atom is -0.454 e. The SMILES string of the molecule is COC(=O)N1CCN(c2nc(Nc3cc(Oc4ccc(NC(=O)C5CN(C(C)C)C(=O)N(c6ccc(F)cc6)C5=O)cc4F)ccn3)ccc2S(=O)(=O)N(C)C)CC1. The van der Waals surface area contributed by atoms with E-state index in [0.717, 1.165) is 27.4 Å². The number of urea groups is 1. The molecular weight excluding hydrogens is 781 g/mol. The molecule has 0 radical (unpaired) electrons. The highest BCUT2D eigenvalue weighted by Gasteiger charge is 2.44. The van der Waals surface area contributed by atoms with Crippen molar-refractivity contribution in [3.63, 3.8) is 0 Å². The molecule has 0 aliphatic carbocycles. The number of nitrogens with zero attached hydrogens (tertiary/aromatic N) is 7. The van der Waals surface area contributed by atoms with Crippen molar-refractivity contribution in [2.24, 2.45) is 5.92 Å². The number of hydrogen-bond donors (Lipinski definition) is 2. The maximum atomic E-state index is 15.4.